The summed E-state index contributed by atoms with van der Waals surface area (Å²) in [6, 6.07) is 0. The molecule has 0 fully saturated rings. The van der Waals surface area contributed by atoms with Gasteiger partial charge in [-0.25, -0.2) is 0 Å². The molecule has 1 atom stereocenters. The summed E-state index contributed by atoms with van der Waals surface area (Å²) in [5.74, 6) is -0.995. The van der Waals surface area contributed by atoms with E-state index in [2.05, 4.69) is 191 Å². The van der Waals surface area contributed by atoms with Crippen molar-refractivity contribution in [3.63, 3.8) is 0 Å². The Morgan fingerprint density at radius 1 is 0.256 bits per heavy atom. The van der Waals surface area contributed by atoms with Gasteiger partial charge in [-0.05, 0) is 141 Å². The summed E-state index contributed by atoms with van der Waals surface area (Å²) in [6.07, 6.45) is 101. The average molecular weight is 1130 g/mol. The van der Waals surface area contributed by atoms with E-state index in [4.69, 9.17) is 14.2 Å². The van der Waals surface area contributed by atoms with Gasteiger partial charge in [-0.2, -0.15) is 0 Å². The van der Waals surface area contributed by atoms with Gasteiger partial charge in [0.1, 0.15) is 13.2 Å². The van der Waals surface area contributed by atoms with Crippen molar-refractivity contribution in [3.05, 3.63) is 170 Å². The molecule has 0 heterocycles. The topological polar surface area (TPSA) is 78.9 Å². The first kappa shape index (κ1) is 76.8. The van der Waals surface area contributed by atoms with Crippen molar-refractivity contribution in [1.82, 2.24) is 0 Å². The maximum atomic E-state index is 12.9. The molecule has 0 aliphatic carbocycles. The SMILES string of the molecule is CC/C=C\C/C=C\C/C=C\C/C=C\C/C=C\C/C=C\C/C=C\CCCC(=O)OC(COC(=O)CCCCCCC/C=C\C/C=C\CCCC)COC(=O)CCCCCCCCCCCCC/C=C\C/C=C\C/C=C\C/C=C\C/C=C\CC. The molecule has 0 aromatic heterocycles. The first-order valence-electron chi connectivity index (χ1n) is 33.1. The Morgan fingerprint density at radius 3 is 0.780 bits per heavy atom. The first-order chi connectivity index (χ1) is 40.5. The Hall–Kier alpha value is -5.23. The van der Waals surface area contributed by atoms with Crippen molar-refractivity contribution in [3.8, 4) is 0 Å². The van der Waals surface area contributed by atoms with Crippen molar-refractivity contribution in [1.29, 1.82) is 0 Å². The third-order valence-corrected chi connectivity index (χ3v) is 13.4. The van der Waals surface area contributed by atoms with Crippen molar-refractivity contribution in [2.45, 2.75) is 277 Å². The normalized spacial score (nSPS) is 13.3. The van der Waals surface area contributed by atoms with Crippen LogP contribution >= 0.6 is 0 Å². The number of carbonyl (C=O) groups is 3. The van der Waals surface area contributed by atoms with Gasteiger partial charge in [-0.1, -0.05) is 281 Å². The van der Waals surface area contributed by atoms with Crippen LogP contribution in [0.4, 0.5) is 0 Å². The highest BCUT2D eigenvalue weighted by Gasteiger charge is 2.19. The quantitative estimate of drug-likeness (QED) is 0.0261. The lowest BCUT2D eigenvalue weighted by Gasteiger charge is -2.18. The summed E-state index contributed by atoms with van der Waals surface area (Å²) in [5.41, 5.74) is 0. The summed E-state index contributed by atoms with van der Waals surface area (Å²) < 4.78 is 16.9. The lowest BCUT2D eigenvalue weighted by molar-refractivity contribution is -0.167. The van der Waals surface area contributed by atoms with E-state index in [1.54, 1.807) is 0 Å². The monoisotopic (exact) mass is 1130 g/mol. The fraction of sp³-hybridized carbons (Fsp3) is 0.592. The number of unbranched alkanes of at least 4 members (excludes halogenated alkanes) is 19. The Labute approximate surface area is 504 Å². The molecule has 0 bridgehead atoms. The number of rotatable bonds is 58. The number of carbonyl (C=O) groups excluding carboxylic acids is 3. The molecule has 0 aliphatic rings. The van der Waals surface area contributed by atoms with E-state index in [1.165, 1.54) is 77.0 Å². The summed E-state index contributed by atoms with van der Waals surface area (Å²) >= 11 is 0. The van der Waals surface area contributed by atoms with Crippen molar-refractivity contribution >= 4 is 17.9 Å². The van der Waals surface area contributed by atoms with E-state index in [9.17, 15) is 14.4 Å². The maximum absolute atomic E-state index is 12.9. The van der Waals surface area contributed by atoms with E-state index >= 15 is 0 Å². The van der Waals surface area contributed by atoms with Gasteiger partial charge < -0.3 is 14.2 Å². The fourth-order valence-electron chi connectivity index (χ4n) is 8.53. The van der Waals surface area contributed by atoms with E-state index in [-0.39, 0.29) is 37.5 Å². The second-order valence-electron chi connectivity index (χ2n) is 21.3. The molecule has 82 heavy (non-hydrogen) atoms. The predicted molar refractivity (Wildman–Crippen MR) is 357 cm³/mol. The summed E-state index contributed by atoms with van der Waals surface area (Å²) in [6.45, 7) is 6.31. The van der Waals surface area contributed by atoms with E-state index in [0.717, 1.165) is 148 Å². The van der Waals surface area contributed by atoms with Crippen molar-refractivity contribution in [2.75, 3.05) is 13.2 Å². The number of hydrogen-bond donors (Lipinski definition) is 0. The second kappa shape index (κ2) is 68.3. The lowest BCUT2D eigenvalue weighted by atomic mass is 10.0. The minimum absolute atomic E-state index is 0.114. The minimum atomic E-state index is -0.826. The Bertz CT molecular complexity index is 1870. The fourth-order valence-corrected chi connectivity index (χ4v) is 8.53. The van der Waals surface area contributed by atoms with Crippen LogP contribution in [-0.4, -0.2) is 37.2 Å². The standard InChI is InChI=1S/C76H120O6/c1-4-7-10-13-16-19-22-25-28-30-32-34-36-37-38-39-41-42-44-46-48-51-54-57-60-63-66-69-75(78)81-72-73(71-80-74(77)68-65-62-59-56-53-50-27-24-21-18-15-12-9-6-3)82-76(79)70-67-64-61-58-55-52-49-47-45-43-40-35-33-31-29-26-23-20-17-14-11-8-5-2/h7-8,10-11,15-20,24-29,32-35,37-38,43,45,49,52,58,61,73H,4-6,9,12-14,21-23,30-31,36,39-42,44,46-48,50-51,53-57,59-60,62-72H2,1-3H3/b10-7-,11-8-,18-15-,19-16-,20-17-,27-24-,28-25-,29-26-,34-32-,35-33-,38-37-,45-43-,52-49-,61-58-. The number of esters is 3. The lowest BCUT2D eigenvalue weighted by Crippen LogP contribution is -2.30. The zero-order valence-corrected chi connectivity index (χ0v) is 52.7. The Kier molecular flexibility index (Phi) is 63.9. The van der Waals surface area contributed by atoms with Crippen LogP contribution in [0.15, 0.2) is 170 Å². The Balaban J connectivity index is 4.46. The predicted octanol–water partition coefficient (Wildman–Crippen LogP) is 23.0. The van der Waals surface area contributed by atoms with Crippen LogP contribution in [0.25, 0.3) is 0 Å². The number of hydrogen-bond acceptors (Lipinski definition) is 6. The number of allylic oxidation sites excluding steroid dienone is 28. The van der Waals surface area contributed by atoms with Gasteiger partial charge in [-0.3, -0.25) is 14.4 Å². The zero-order valence-electron chi connectivity index (χ0n) is 52.7. The molecular formula is C76H120O6. The van der Waals surface area contributed by atoms with Gasteiger partial charge in [0, 0.05) is 19.3 Å². The molecule has 0 radical (unpaired) electrons. The Morgan fingerprint density at radius 2 is 0.488 bits per heavy atom. The third-order valence-electron chi connectivity index (χ3n) is 13.4. The van der Waals surface area contributed by atoms with Gasteiger partial charge in [0.25, 0.3) is 0 Å². The van der Waals surface area contributed by atoms with Crippen molar-refractivity contribution < 1.29 is 28.6 Å². The zero-order chi connectivity index (χ0) is 59.2. The first-order valence-corrected chi connectivity index (χ1v) is 33.1. The van der Waals surface area contributed by atoms with Gasteiger partial charge in [-0.15, -0.1) is 0 Å². The van der Waals surface area contributed by atoms with Gasteiger partial charge in [0.2, 0.25) is 0 Å². The van der Waals surface area contributed by atoms with E-state index < -0.39 is 6.10 Å². The second-order valence-corrected chi connectivity index (χ2v) is 21.3. The molecule has 0 spiro atoms. The van der Waals surface area contributed by atoms with E-state index in [1.807, 2.05) is 0 Å². The molecule has 0 rings (SSSR count). The molecule has 0 saturated heterocycles. The van der Waals surface area contributed by atoms with Gasteiger partial charge in [0.05, 0.1) is 0 Å². The smallest absolute Gasteiger partial charge is 0.306 e. The molecule has 0 aliphatic heterocycles. The molecule has 0 aromatic carbocycles. The summed E-state index contributed by atoms with van der Waals surface area (Å²) in [5, 5.41) is 0. The van der Waals surface area contributed by atoms with Gasteiger partial charge >= 0.3 is 17.9 Å². The molecule has 0 aromatic rings. The van der Waals surface area contributed by atoms with E-state index in [0.29, 0.717) is 19.3 Å². The third kappa shape index (κ3) is 65.6. The molecule has 6 nitrogen and oxygen atoms in total. The van der Waals surface area contributed by atoms with Crippen LogP contribution in [0.1, 0.15) is 271 Å². The van der Waals surface area contributed by atoms with Gasteiger partial charge in [0.15, 0.2) is 6.10 Å². The van der Waals surface area contributed by atoms with Crippen LogP contribution in [0.2, 0.25) is 0 Å². The summed E-state index contributed by atoms with van der Waals surface area (Å²) in [7, 11) is 0. The van der Waals surface area contributed by atoms with Crippen molar-refractivity contribution in [2.24, 2.45) is 0 Å². The number of ether oxygens (including phenoxy) is 3. The minimum Gasteiger partial charge on any atom is -0.462 e. The molecule has 1 unspecified atom stereocenters. The maximum Gasteiger partial charge on any atom is 0.306 e. The summed E-state index contributed by atoms with van der Waals surface area (Å²) in [4.78, 5) is 38.4. The van der Waals surface area contributed by atoms with Crippen LogP contribution in [0, 0.1) is 0 Å². The van der Waals surface area contributed by atoms with Crippen LogP contribution in [0.5, 0.6) is 0 Å². The van der Waals surface area contributed by atoms with Crippen LogP contribution < -0.4 is 0 Å². The average Bonchev–Trinajstić information content (AvgIpc) is 3.47. The highest BCUT2D eigenvalue weighted by Crippen LogP contribution is 2.15. The van der Waals surface area contributed by atoms with Crippen LogP contribution in [-0.2, 0) is 28.6 Å². The molecule has 0 amide bonds. The highest BCUT2D eigenvalue weighted by molar-refractivity contribution is 5.71. The molecule has 6 heteroatoms. The van der Waals surface area contributed by atoms with Crippen LogP contribution in [0.3, 0.4) is 0 Å². The molecule has 0 N–H and O–H groups in total. The molecule has 460 valence electrons. The molecule has 0 saturated carbocycles. The largest absolute Gasteiger partial charge is 0.462 e. The highest BCUT2D eigenvalue weighted by atomic mass is 16.6. The molecular weight excluding hydrogens is 1010 g/mol.